The summed E-state index contributed by atoms with van der Waals surface area (Å²) < 4.78 is 32.3. The van der Waals surface area contributed by atoms with Crippen molar-refractivity contribution in [3.63, 3.8) is 0 Å². The highest BCUT2D eigenvalue weighted by molar-refractivity contribution is 6.18. The van der Waals surface area contributed by atoms with Crippen molar-refractivity contribution in [2.45, 2.75) is 25.7 Å². The molecule has 1 aromatic rings. The average Bonchev–Trinajstić information content (AvgIpc) is 2.33. The maximum absolute atomic E-state index is 13.6. The van der Waals surface area contributed by atoms with Gasteiger partial charge in [-0.3, -0.25) is 4.90 Å². The van der Waals surface area contributed by atoms with Crippen LogP contribution in [0.4, 0.5) is 8.78 Å². The van der Waals surface area contributed by atoms with E-state index in [1.807, 2.05) is 11.8 Å². The second-order valence-corrected chi connectivity index (χ2v) is 4.96. The summed E-state index contributed by atoms with van der Waals surface area (Å²) in [6, 6.07) is 3.53. The SMILES string of the molecule is CC1CN(Cc2cc(F)ccc2F)CC(CCl)O1. The quantitative estimate of drug-likeness (QED) is 0.787. The molecule has 5 heteroatoms. The Morgan fingerprint density at radius 3 is 2.89 bits per heavy atom. The van der Waals surface area contributed by atoms with Crippen molar-refractivity contribution in [3.05, 3.63) is 35.4 Å². The Kier molecular flexibility index (Phi) is 4.54. The number of hydrogen-bond acceptors (Lipinski definition) is 2. The van der Waals surface area contributed by atoms with Gasteiger partial charge in [0.25, 0.3) is 0 Å². The van der Waals surface area contributed by atoms with Gasteiger partial charge in [0.1, 0.15) is 11.6 Å². The zero-order chi connectivity index (χ0) is 13.1. The van der Waals surface area contributed by atoms with Crippen LogP contribution < -0.4 is 0 Å². The Balaban J connectivity index is 2.06. The van der Waals surface area contributed by atoms with Gasteiger partial charge in [0, 0.05) is 31.1 Å². The molecule has 2 atom stereocenters. The number of rotatable bonds is 3. The molecule has 0 aliphatic carbocycles. The van der Waals surface area contributed by atoms with E-state index in [-0.39, 0.29) is 18.0 Å². The molecule has 2 unspecified atom stereocenters. The minimum absolute atomic E-state index is 0.0490. The van der Waals surface area contributed by atoms with Crippen LogP contribution in [0.1, 0.15) is 12.5 Å². The van der Waals surface area contributed by atoms with Gasteiger partial charge in [0.05, 0.1) is 12.2 Å². The predicted molar refractivity (Wildman–Crippen MR) is 66.7 cm³/mol. The van der Waals surface area contributed by atoms with Crippen LogP contribution in [0.15, 0.2) is 18.2 Å². The number of halogens is 3. The van der Waals surface area contributed by atoms with Crippen molar-refractivity contribution < 1.29 is 13.5 Å². The van der Waals surface area contributed by atoms with Gasteiger partial charge in [-0.05, 0) is 25.1 Å². The van der Waals surface area contributed by atoms with Gasteiger partial charge in [-0.1, -0.05) is 0 Å². The first-order valence-corrected chi connectivity index (χ1v) is 6.49. The van der Waals surface area contributed by atoms with Crippen LogP contribution in [0.2, 0.25) is 0 Å². The van der Waals surface area contributed by atoms with Crippen LogP contribution in [0.3, 0.4) is 0 Å². The molecular weight excluding hydrogens is 260 g/mol. The summed E-state index contributed by atoms with van der Waals surface area (Å²) in [7, 11) is 0. The van der Waals surface area contributed by atoms with E-state index in [1.54, 1.807) is 0 Å². The highest BCUT2D eigenvalue weighted by atomic mass is 35.5. The van der Waals surface area contributed by atoms with Crippen molar-refractivity contribution in [2.24, 2.45) is 0 Å². The number of ether oxygens (including phenoxy) is 1. The minimum atomic E-state index is -0.415. The number of benzene rings is 1. The van der Waals surface area contributed by atoms with E-state index in [1.165, 1.54) is 6.07 Å². The first-order valence-electron chi connectivity index (χ1n) is 5.96. The normalized spacial score (nSPS) is 25.3. The lowest BCUT2D eigenvalue weighted by atomic mass is 10.1. The number of morpholine rings is 1. The zero-order valence-corrected chi connectivity index (χ0v) is 11.0. The van der Waals surface area contributed by atoms with E-state index in [4.69, 9.17) is 16.3 Å². The van der Waals surface area contributed by atoms with Gasteiger partial charge in [0.2, 0.25) is 0 Å². The third-order valence-corrected chi connectivity index (χ3v) is 3.32. The highest BCUT2D eigenvalue weighted by Gasteiger charge is 2.25. The van der Waals surface area contributed by atoms with E-state index >= 15 is 0 Å². The summed E-state index contributed by atoms with van der Waals surface area (Å²) >= 11 is 5.78. The third-order valence-electron chi connectivity index (χ3n) is 2.98. The fourth-order valence-corrected chi connectivity index (χ4v) is 2.43. The summed E-state index contributed by atoms with van der Waals surface area (Å²) in [5.74, 6) is -0.383. The van der Waals surface area contributed by atoms with Crippen LogP contribution in [-0.4, -0.2) is 36.1 Å². The lowest BCUT2D eigenvalue weighted by molar-refractivity contribution is -0.0691. The molecule has 2 nitrogen and oxygen atoms in total. The maximum atomic E-state index is 13.6. The lowest BCUT2D eigenvalue weighted by Gasteiger charge is -2.36. The fraction of sp³-hybridized carbons (Fsp3) is 0.538. The predicted octanol–water partition coefficient (Wildman–Crippen LogP) is 2.79. The third kappa shape index (κ3) is 3.40. The lowest BCUT2D eigenvalue weighted by Crippen LogP contribution is -2.46. The van der Waals surface area contributed by atoms with Gasteiger partial charge >= 0.3 is 0 Å². The van der Waals surface area contributed by atoms with Crippen molar-refractivity contribution in [3.8, 4) is 0 Å². The molecule has 18 heavy (non-hydrogen) atoms. The molecule has 1 saturated heterocycles. The zero-order valence-electron chi connectivity index (χ0n) is 10.2. The Bertz CT molecular complexity index is 416. The first kappa shape index (κ1) is 13.7. The van der Waals surface area contributed by atoms with Crippen molar-refractivity contribution in [1.29, 1.82) is 0 Å². The molecular formula is C13H16ClF2NO. The van der Waals surface area contributed by atoms with E-state index in [2.05, 4.69) is 0 Å². The Morgan fingerprint density at radius 1 is 1.39 bits per heavy atom. The van der Waals surface area contributed by atoms with Crippen LogP contribution >= 0.6 is 11.6 Å². The molecule has 0 amide bonds. The Labute approximate surface area is 110 Å². The van der Waals surface area contributed by atoms with Crippen LogP contribution in [0.25, 0.3) is 0 Å². The molecule has 0 radical (unpaired) electrons. The molecule has 1 aliphatic heterocycles. The van der Waals surface area contributed by atoms with Crippen molar-refractivity contribution in [2.75, 3.05) is 19.0 Å². The molecule has 0 bridgehead atoms. The largest absolute Gasteiger partial charge is 0.371 e. The Hall–Kier alpha value is -0.710. The second kappa shape index (κ2) is 5.95. The number of alkyl halides is 1. The van der Waals surface area contributed by atoms with Gasteiger partial charge in [-0.25, -0.2) is 8.78 Å². The Morgan fingerprint density at radius 2 is 2.17 bits per heavy atom. The number of nitrogens with zero attached hydrogens (tertiary/aromatic N) is 1. The first-order chi connectivity index (χ1) is 8.58. The molecule has 2 rings (SSSR count). The van der Waals surface area contributed by atoms with E-state index in [0.29, 0.717) is 31.1 Å². The summed E-state index contributed by atoms with van der Waals surface area (Å²) in [6.07, 6.45) is 0.00570. The summed E-state index contributed by atoms with van der Waals surface area (Å²) in [5, 5.41) is 0. The number of hydrogen-bond donors (Lipinski definition) is 0. The average molecular weight is 276 g/mol. The molecule has 0 saturated carbocycles. The second-order valence-electron chi connectivity index (χ2n) is 4.65. The molecule has 1 heterocycles. The molecule has 0 aromatic heterocycles. The monoisotopic (exact) mass is 275 g/mol. The molecule has 0 N–H and O–H groups in total. The van der Waals surface area contributed by atoms with Crippen LogP contribution in [0, 0.1) is 11.6 Å². The van der Waals surface area contributed by atoms with Gasteiger partial charge < -0.3 is 4.74 Å². The van der Waals surface area contributed by atoms with E-state index < -0.39 is 5.82 Å². The summed E-state index contributed by atoms with van der Waals surface area (Å²) in [6.45, 7) is 3.67. The molecule has 1 aromatic carbocycles. The van der Waals surface area contributed by atoms with Crippen molar-refractivity contribution in [1.82, 2.24) is 4.90 Å². The standard InChI is InChI=1S/C13H16ClF2NO/c1-9-6-17(8-12(5-14)18-9)7-10-4-11(15)2-3-13(10)16/h2-4,9,12H,5-8H2,1H3. The topological polar surface area (TPSA) is 12.5 Å². The van der Waals surface area contributed by atoms with Crippen molar-refractivity contribution >= 4 is 11.6 Å². The smallest absolute Gasteiger partial charge is 0.127 e. The summed E-state index contributed by atoms with van der Waals surface area (Å²) in [5.41, 5.74) is 0.373. The molecule has 1 fully saturated rings. The molecule has 1 aliphatic rings. The van der Waals surface area contributed by atoms with Crippen LogP contribution in [-0.2, 0) is 11.3 Å². The van der Waals surface area contributed by atoms with Gasteiger partial charge in [-0.15, -0.1) is 11.6 Å². The fourth-order valence-electron chi connectivity index (χ4n) is 2.26. The van der Waals surface area contributed by atoms with Gasteiger partial charge in [-0.2, -0.15) is 0 Å². The molecule has 0 spiro atoms. The highest BCUT2D eigenvalue weighted by Crippen LogP contribution is 2.17. The van der Waals surface area contributed by atoms with E-state index in [0.717, 1.165) is 12.1 Å². The molecule has 100 valence electrons. The van der Waals surface area contributed by atoms with Crippen LogP contribution in [0.5, 0.6) is 0 Å². The minimum Gasteiger partial charge on any atom is -0.371 e. The maximum Gasteiger partial charge on any atom is 0.127 e. The summed E-state index contributed by atoms with van der Waals surface area (Å²) in [4.78, 5) is 2.04. The van der Waals surface area contributed by atoms with E-state index in [9.17, 15) is 8.78 Å². The van der Waals surface area contributed by atoms with Gasteiger partial charge in [0.15, 0.2) is 0 Å².